The zero-order chi connectivity index (χ0) is 19.0. The molecule has 0 aromatic rings. The van der Waals surface area contributed by atoms with Crippen LogP contribution in [0.1, 0.15) is 40.0 Å². The molecule has 1 saturated heterocycles. The van der Waals surface area contributed by atoms with Gasteiger partial charge in [0.2, 0.25) is 5.91 Å². The fourth-order valence-corrected chi connectivity index (χ4v) is 2.99. The van der Waals surface area contributed by atoms with Crippen LogP contribution >= 0.6 is 0 Å². The average Bonchev–Trinajstić information content (AvgIpc) is 2.77. The third-order valence-corrected chi connectivity index (χ3v) is 4.57. The summed E-state index contributed by atoms with van der Waals surface area (Å²) < 4.78 is 0. The summed E-state index contributed by atoms with van der Waals surface area (Å²) in [6.07, 6.45) is 2.61. The maximum Gasteiger partial charge on any atom is 0.321 e. The number of aliphatic carboxylic acids is 1. The molecule has 0 radical (unpaired) electrons. The number of carboxylic acids is 1. The molecular weight excluding hydrogens is 324 g/mol. The summed E-state index contributed by atoms with van der Waals surface area (Å²) >= 11 is 0. The van der Waals surface area contributed by atoms with Crippen LogP contribution in [0.5, 0.6) is 0 Å². The number of nitrogens with one attached hydrogen (secondary N) is 2. The van der Waals surface area contributed by atoms with Crippen LogP contribution in [-0.4, -0.2) is 78.1 Å². The van der Waals surface area contributed by atoms with Crippen LogP contribution in [0.15, 0.2) is 0 Å². The summed E-state index contributed by atoms with van der Waals surface area (Å²) in [4.78, 5) is 38.8. The molecule has 1 aliphatic heterocycles. The number of hydrogen-bond acceptors (Lipinski definition) is 5. The van der Waals surface area contributed by atoms with Crippen molar-refractivity contribution in [3.63, 3.8) is 0 Å². The minimum Gasteiger partial charge on any atom is -0.480 e. The molecule has 3 N–H and O–H groups in total. The Hall–Kier alpha value is -1.67. The number of nitrogens with zero attached hydrogens (tertiary/aromatic N) is 2. The van der Waals surface area contributed by atoms with Gasteiger partial charge in [0.1, 0.15) is 0 Å². The fraction of sp³-hybridized carbons (Fsp3) is 0.824. The van der Waals surface area contributed by atoms with Crippen molar-refractivity contribution in [2.24, 2.45) is 5.92 Å². The zero-order valence-electron chi connectivity index (χ0n) is 15.7. The smallest absolute Gasteiger partial charge is 0.321 e. The molecule has 0 aromatic heterocycles. The number of rotatable bonds is 7. The minimum absolute atomic E-state index is 0.0245. The van der Waals surface area contributed by atoms with E-state index in [-0.39, 0.29) is 18.5 Å². The quantitative estimate of drug-likeness (QED) is 0.621. The number of likely N-dealkylation sites (N-methyl/N-ethyl adjacent to an activating group) is 1. The van der Waals surface area contributed by atoms with Crippen molar-refractivity contribution in [1.82, 2.24) is 20.4 Å². The molecule has 8 heteroatoms. The number of amides is 3. The lowest BCUT2D eigenvalue weighted by molar-refractivity contribution is -0.138. The lowest BCUT2D eigenvalue weighted by Crippen LogP contribution is -2.50. The van der Waals surface area contributed by atoms with Crippen LogP contribution < -0.4 is 10.6 Å². The van der Waals surface area contributed by atoms with Crippen molar-refractivity contribution < 1.29 is 19.5 Å². The molecule has 1 heterocycles. The Morgan fingerprint density at radius 3 is 2.48 bits per heavy atom. The maximum atomic E-state index is 12.3. The van der Waals surface area contributed by atoms with E-state index in [4.69, 9.17) is 5.11 Å². The molecule has 2 atom stereocenters. The van der Waals surface area contributed by atoms with Gasteiger partial charge in [0.25, 0.3) is 0 Å². The highest BCUT2D eigenvalue weighted by Gasteiger charge is 2.27. The first-order valence-corrected chi connectivity index (χ1v) is 8.95. The van der Waals surface area contributed by atoms with E-state index in [1.54, 1.807) is 6.92 Å². The molecule has 1 fully saturated rings. The average molecular weight is 356 g/mol. The van der Waals surface area contributed by atoms with E-state index in [1.807, 2.05) is 25.8 Å². The minimum atomic E-state index is -0.830. The van der Waals surface area contributed by atoms with Crippen LogP contribution in [0.4, 0.5) is 4.79 Å². The highest BCUT2D eigenvalue weighted by Crippen LogP contribution is 2.17. The second-order valence-electron chi connectivity index (χ2n) is 7.20. The van der Waals surface area contributed by atoms with Gasteiger partial charge in [-0.15, -0.1) is 0 Å². The van der Waals surface area contributed by atoms with Gasteiger partial charge in [0, 0.05) is 19.1 Å². The van der Waals surface area contributed by atoms with Crippen molar-refractivity contribution >= 4 is 17.9 Å². The van der Waals surface area contributed by atoms with Crippen LogP contribution in [0.2, 0.25) is 0 Å². The Morgan fingerprint density at radius 2 is 1.88 bits per heavy atom. The third-order valence-electron chi connectivity index (χ3n) is 4.57. The number of carbonyl (C=O) groups is 3. The van der Waals surface area contributed by atoms with Gasteiger partial charge in [-0.1, -0.05) is 13.8 Å². The second-order valence-corrected chi connectivity index (χ2v) is 7.20. The van der Waals surface area contributed by atoms with Crippen LogP contribution in [0, 0.1) is 5.92 Å². The Kier molecular flexibility index (Phi) is 8.85. The lowest BCUT2D eigenvalue weighted by atomic mass is 10.1. The molecule has 2 unspecified atom stereocenters. The molecule has 0 aliphatic carbocycles. The highest BCUT2D eigenvalue weighted by atomic mass is 16.4. The number of urea groups is 1. The molecule has 3 amide bonds. The first-order chi connectivity index (χ1) is 11.7. The SMILES string of the molecule is CC(C)CNC(=O)NC(=O)C(C)N1CCCC(N(C)CC(=O)O)CC1. The molecule has 0 saturated carbocycles. The molecule has 1 aliphatic rings. The topological polar surface area (TPSA) is 102 Å². The summed E-state index contributed by atoms with van der Waals surface area (Å²) in [5.74, 6) is -0.814. The zero-order valence-corrected chi connectivity index (χ0v) is 15.7. The molecule has 8 nitrogen and oxygen atoms in total. The van der Waals surface area contributed by atoms with Crippen molar-refractivity contribution in [2.45, 2.75) is 52.1 Å². The monoisotopic (exact) mass is 356 g/mol. The normalized spacial score (nSPS) is 20.2. The van der Waals surface area contributed by atoms with Crippen molar-refractivity contribution in [3.8, 4) is 0 Å². The van der Waals surface area contributed by atoms with E-state index in [0.29, 0.717) is 19.0 Å². The largest absolute Gasteiger partial charge is 0.480 e. The number of likely N-dealkylation sites (tertiary alicyclic amines) is 1. The second kappa shape index (κ2) is 10.4. The van der Waals surface area contributed by atoms with Gasteiger partial charge in [0.15, 0.2) is 0 Å². The van der Waals surface area contributed by atoms with Gasteiger partial charge in [-0.25, -0.2) is 4.79 Å². The summed E-state index contributed by atoms with van der Waals surface area (Å²) in [7, 11) is 1.82. The van der Waals surface area contributed by atoms with Crippen LogP contribution in [-0.2, 0) is 9.59 Å². The highest BCUT2D eigenvalue weighted by molar-refractivity contribution is 5.96. The van der Waals surface area contributed by atoms with Crippen LogP contribution in [0.25, 0.3) is 0 Å². The Bertz CT molecular complexity index is 470. The number of imide groups is 1. The fourth-order valence-electron chi connectivity index (χ4n) is 2.99. The third kappa shape index (κ3) is 7.83. The number of carbonyl (C=O) groups excluding carboxylic acids is 2. The molecule has 0 bridgehead atoms. The van der Waals surface area contributed by atoms with Gasteiger partial charge in [-0.05, 0) is 45.7 Å². The number of hydrogen-bond donors (Lipinski definition) is 3. The van der Waals surface area contributed by atoms with E-state index in [2.05, 4.69) is 15.5 Å². The lowest BCUT2D eigenvalue weighted by Gasteiger charge is -2.28. The van der Waals surface area contributed by atoms with Gasteiger partial charge in [-0.3, -0.25) is 24.7 Å². The van der Waals surface area contributed by atoms with Gasteiger partial charge in [0.05, 0.1) is 12.6 Å². The summed E-state index contributed by atoms with van der Waals surface area (Å²) in [6, 6.07) is -0.654. The molecule has 0 aromatic carbocycles. The summed E-state index contributed by atoms with van der Waals surface area (Å²) in [5.41, 5.74) is 0. The Labute approximate surface area is 149 Å². The van der Waals surface area contributed by atoms with E-state index in [0.717, 1.165) is 25.8 Å². The first kappa shape index (κ1) is 21.4. The van der Waals surface area contributed by atoms with E-state index in [9.17, 15) is 14.4 Å². The first-order valence-electron chi connectivity index (χ1n) is 8.95. The molecule has 1 rings (SSSR count). The van der Waals surface area contributed by atoms with E-state index >= 15 is 0 Å². The number of carboxylic acid groups (broad SMARTS) is 1. The Morgan fingerprint density at radius 1 is 1.20 bits per heavy atom. The molecule has 25 heavy (non-hydrogen) atoms. The molecular formula is C17H32N4O4. The van der Waals surface area contributed by atoms with Gasteiger partial charge < -0.3 is 10.4 Å². The van der Waals surface area contributed by atoms with Crippen molar-refractivity contribution in [1.29, 1.82) is 0 Å². The van der Waals surface area contributed by atoms with Crippen molar-refractivity contribution in [3.05, 3.63) is 0 Å². The van der Waals surface area contributed by atoms with Crippen LogP contribution in [0.3, 0.4) is 0 Å². The summed E-state index contributed by atoms with van der Waals surface area (Å²) in [5, 5.41) is 14.0. The predicted octanol–water partition coefficient (Wildman–Crippen LogP) is 0.728. The van der Waals surface area contributed by atoms with Gasteiger partial charge >= 0.3 is 12.0 Å². The Balaban J connectivity index is 2.47. The molecule has 0 spiro atoms. The summed E-state index contributed by atoms with van der Waals surface area (Å²) in [6.45, 7) is 7.79. The van der Waals surface area contributed by atoms with Gasteiger partial charge in [-0.2, -0.15) is 0 Å². The van der Waals surface area contributed by atoms with E-state index in [1.165, 1.54) is 0 Å². The maximum absolute atomic E-state index is 12.3. The standard InChI is InChI=1S/C17H32N4O4/c1-12(2)10-18-17(25)19-16(24)13(3)21-8-5-6-14(7-9-21)20(4)11-15(22)23/h12-14H,5-11H2,1-4H3,(H,22,23)(H2,18,19,24,25). The predicted molar refractivity (Wildman–Crippen MR) is 95.3 cm³/mol. The van der Waals surface area contributed by atoms with E-state index < -0.39 is 18.0 Å². The molecule has 144 valence electrons. The van der Waals surface area contributed by atoms with Crippen molar-refractivity contribution in [2.75, 3.05) is 33.2 Å².